The number of amides is 1. The largest absolute Gasteiger partial charge is 0.444 e. The van der Waals surface area contributed by atoms with Crippen molar-refractivity contribution >= 4 is 55.9 Å². The molecular formula is C17H20BrNO3S3. The molecule has 1 unspecified atom stereocenters. The third kappa shape index (κ3) is 6.44. The minimum Gasteiger partial charge on any atom is -0.444 e. The van der Waals surface area contributed by atoms with Crippen LogP contribution in [0, 0.1) is 0 Å². The summed E-state index contributed by atoms with van der Waals surface area (Å²) in [4.78, 5) is 14.4. The van der Waals surface area contributed by atoms with Crippen LogP contribution in [0.15, 0.2) is 48.8 Å². The molecule has 2 aromatic rings. The van der Waals surface area contributed by atoms with Gasteiger partial charge in [-0.25, -0.2) is 9.00 Å². The highest BCUT2D eigenvalue weighted by molar-refractivity contribution is 9.10. The van der Waals surface area contributed by atoms with E-state index in [2.05, 4.69) is 21.2 Å². The van der Waals surface area contributed by atoms with E-state index in [0.717, 1.165) is 23.4 Å². The first kappa shape index (κ1) is 20.5. The molecule has 2 rings (SSSR count). The van der Waals surface area contributed by atoms with Crippen molar-refractivity contribution in [3.8, 4) is 0 Å². The summed E-state index contributed by atoms with van der Waals surface area (Å²) in [6, 6.07) is 9.52. The Morgan fingerprint density at radius 3 is 2.68 bits per heavy atom. The fourth-order valence-corrected chi connectivity index (χ4v) is 5.74. The number of carbonyl (C=O) groups is 1. The molecule has 4 nitrogen and oxygen atoms in total. The molecule has 0 fully saturated rings. The summed E-state index contributed by atoms with van der Waals surface area (Å²) in [6.07, 6.45) is 1.53. The smallest absolute Gasteiger partial charge is 0.407 e. The Hall–Kier alpha value is -0.830. The zero-order valence-electron chi connectivity index (χ0n) is 14.4. The SMILES string of the molecule is CSc1cc(Br)cc(S(=O)c2ccc(CNC(=O)OC(C)(C)C)s2)c1. The molecule has 1 N–H and O–H groups in total. The van der Waals surface area contributed by atoms with E-state index in [9.17, 15) is 9.00 Å². The molecule has 0 aliphatic rings. The average Bonchev–Trinajstić information content (AvgIpc) is 2.98. The Bertz CT molecular complexity index is 784. The Labute approximate surface area is 167 Å². The van der Waals surface area contributed by atoms with Gasteiger partial charge >= 0.3 is 6.09 Å². The van der Waals surface area contributed by atoms with E-state index in [1.165, 1.54) is 11.3 Å². The van der Waals surface area contributed by atoms with Crippen LogP contribution in [-0.4, -0.2) is 22.2 Å². The number of ether oxygens (including phenoxy) is 1. The molecule has 0 aliphatic carbocycles. The summed E-state index contributed by atoms with van der Waals surface area (Å²) in [5, 5.41) is 2.71. The number of hydrogen-bond donors (Lipinski definition) is 1. The van der Waals surface area contributed by atoms with Gasteiger partial charge in [-0.2, -0.15) is 0 Å². The van der Waals surface area contributed by atoms with Crippen LogP contribution in [0.2, 0.25) is 0 Å². The molecule has 8 heteroatoms. The molecule has 136 valence electrons. The summed E-state index contributed by atoms with van der Waals surface area (Å²) < 4.78 is 19.7. The maximum atomic E-state index is 12.8. The van der Waals surface area contributed by atoms with E-state index in [1.807, 2.05) is 57.4 Å². The number of benzene rings is 1. The summed E-state index contributed by atoms with van der Waals surface area (Å²) in [5.74, 6) is 0. The van der Waals surface area contributed by atoms with Crippen molar-refractivity contribution in [2.45, 2.75) is 46.9 Å². The second-order valence-corrected chi connectivity index (χ2v) is 10.8. The first-order chi connectivity index (χ1) is 11.7. The van der Waals surface area contributed by atoms with Crippen molar-refractivity contribution in [2.75, 3.05) is 6.26 Å². The minimum absolute atomic E-state index is 0.353. The normalized spacial score (nSPS) is 12.7. The second-order valence-electron chi connectivity index (χ2n) is 6.17. The monoisotopic (exact) mass is 461 g/mol. The maximum Gasteiger partial charge on any atom is 0.407 e. The molecule has 1 atom stereocenters. The first-order valence-electron chi connectivity index (χ1n) is 7.50. The van der Waals surface area contributed by atoms with Gasteiger partial charge in [0.05, 0.1) is 21.6 Å². The molecule has 0 bridgehead atoms. The van der Waals surface area contributed by atoms with Crippen LogP contribution in [0.4, 0.5) is 4.79 Å². The fraction of sp³-hybridized carbons (Fsp3) is 0.353. The van der Waals surface area contributed by atoms with Gasteiger partial charge in [0.2, 0.25) is 0 Å². The lowest BCUT2D eigenvalue weighted by atomic mass is 10.2. The molecule has 0 aliphatic heterocycles. The molecule has 0 saturated heterocycles. The molecule has 1 amide bonds. The van der Waals surface area contributed by atoms with Crippen LogP contribution in [0.5, 0.6) is 0 Å². The Kier molecular flexibility index (Phi) is 7.13. The van der Waals surface area contributed by atoms with Gasteiger partial charge in [-0.15, -0.1) is 23.1 Å². The van der Waals surface area contributed by atoms with Crippen molar-refractivity contribution in [3.05, 3.63) is 39.7 Å². The third-order valence-corrected chi connectivity index (χ3v) is 6.83. The molecule has 1 aromatic heterocycles. The predicted molar refractivity (Wildman–Crippen MR) is 108 cm³/mol. The lowest BCUT2D eigenvalue weighted by molar-refractivity contribution is 0.0524. The van der Waals surface area contributed by atoms with Gasteiger partial charge in [0.1, 0.15) is 5.60 Å². The molecule has 0 spiro atoms. The number of rotatable bonds is 5. The van der Waals surface area contributed by atoms with E-state index >= 15 is 0 Å². The van der Waals surface area contributed by atoms with Crippen LogP contribution < -0.4 is 5.32 Å². The lowest BCUT2D eigenvalue weighted by Gasteiger charge is -2.19. The van der Waals surface area contributed by atoms with Crippen LogP contribution >= 0.6 is 39.0 Å². The number of hydrogen-bond acceptors (Lipinski definition) is 5. The molecule has 25 heavy (non-hydrogen) atoms. The summed E-state index contributed by atoms with van der Waals surface area (Å²) in [5.41, 5.74) is -0.526. The number of thiophene rings is 1. The number of halogens is 1. The van der Waals surface area contributed by atoms with Crippen molar-refractivity contribution in [1.82, 2.24) is 5.32 Å². The third-order valence-electron chi connectivity index (χ3n) is 2.92. The van der Waals surface area contributed by atoms with E-state index < -0.39 is 22.5 Å². The van der Waals surface area contributed by atoms with Gasteiger partial charge in [0.15, 0.2) is 0 Å². The Balaban J connectivity index is 2.04. The Morgan fingerprint density at radius 1 is 1.32 bits per heavy atom. The van der Waals surface area contributed by atoms with Crippen molar-refractivity contribution < 1.29 is 13.7 Å². The lowest BCUT2D eigenvalue weighted by Crippen LogP contribution is -2.31. The number of carbonyl (C=O) groups excluding carboxylic acids is 1. The minimum atomic E-state index is -1.25. The van der Waals surface area contributed by atoms with Crippen LogP contribution in [0.3, 0.4) is 0 Å². The highest BCUT2D eigenvalue weighted by Crippen LogP contribution is 2.29. The number of alkyl carbamates (subject to hydrolysis) is 1. The quantitative estimate of drug-likeness (QED) is 0.603. The van der Waals surface area contributed by atoms with E-state index in [4.69, 9.17) is 4.74 Å². The molecular weight excluding hydrogens is 442 g/mol. The summed E-state index contributed by atoms with van der Waals surface area (Å²) >= 11 is 6.49. The average molecular weight is 462 g/mol. The van der Waals surface area contributed by atoms with E-state index in [0.29, 0.717) is 6.54 Å². The highest BCUT2D eigenvalue weighted by Gasteiger charge is 2.17. The highest BCUT2D eigenvalue weighted by atomic mass is 79.9. The molecule has 0 saturated carbocycles. The zero-order chi connectivity index (χ0) is 18.6. The van der Waals surface area contributed by atoms with Gasteiger partial charge in [0.25, 0.3) is 0 Å². The van der Waals surface area contributed by atoms with Crippen LogP contribution in [0.25, 0.3) is 0 Å². The zero-order valence-corrected chi connectivity index (χ0v) is 18.5. The topological polar surface area (TPSA) is 55.4 Å². The van der Waals surface area contributed by atoms with Crippen LogP contribution in [0.1, 0.15) is 25.6 Å². The Morgan fingerprint density at radius 2 is 2.04 bits per heavy atom. The maximum absolute atomic E-state index is 12.8. The summed E-state index contributed by atoms with van der Waals surface area (Å²) in [7, 11) is -1.25. The summed E-state index contributed by atoms with van der Waals surface area (Å²) in [6.45, 7) is 5.81. The van der Waals surface area contributed by atoms with Crippen LogP contribution in [-0.2, 0) is 22.1 Å². The van der Waals surface area contributed by atoms with E-state index in [-0.39, 0.29) is 0 Å². The number of thioether (sulfide) groups is 1. The van der Waals surface area contributed by atoms with Crippen molar-refractivity contribution in [3.63, 3.8) is 0 Å². The predicted octanol–water partition coefficient (Wildman–Crippen LogP) is 5.42. The van der Waals surface area contributed by atoms with Gasteiger partial charge < -0.3 is 10.1 Å². The van der Waals surface area contributed by atoms with Gasteiger partial charge in [0, 0.05) is 19.1 Å². The first-order valence-corrected chi connectivity index (χ1v) is 11.5. The number of nitrogens with one attached hydrogen (secondary N) is 1. The van der Waals surface area contributed by atoms with Gasteiger partial charge in [-0.1, -0.05) is 15.9 Å². The van der Waals surface area contributed by atoms with Crippen molar-refractivity contribution in [1.29, 1.82) is 0 Å². The standard InChI is InChI=1S/C17H20BrNO3S3/c1-17(2,3)22-16(20)19-10-12-5-6-15(24-12)25(21)14-8-11(18)7-13(9-14)23-4/h5-9H,10H2,1-4H3,(H,19,20). The fourth-order valence-electron chi connectivity index (χ4n) is 1.90. The second kappa shape index (κ2) is 8.70. The van der Waals surface area contributed by atoms with Crippen molar-refractivity contribution in [2.24, 2.45) is 0 Å². The molecule has 0 radical (unpaired) electrons. The molecule has 1 heterocycles. The van der Waals surface area contributed by atoms with Gasteiger partial charge in [-0.05, 0) is 57.4 Å². The van der Waals surface area contributed by atoms with Gasteiger partial charge in [-0.3, -0.25) is 0 Å². The molecule has 1 aromatic carbocycles. The van der Waals surface area contributed by atoms with E-state index in [1.54, 1.807) is 11.8 Å².